The van der Waals surface area contributed by atoms with Gasteiger partial charge in [-0.15, -0.1) is 4.99 Å². The summed E-state index contributed by atoms with van der Waals surface area (Å²) in [5.74, 6) is 2.32. The van der Waals surface area contributed by atoms with Gasteiger partial charge in [-0.2, -0.15) is 5.26 Å². The number of guanidine groups is 1. The Bertz CT molecular complexity index is 421. The number of nitrogens with one attached hydrogen (secondary N) is 1. The van der Waals surface area contributed by atoms with Gasteiger partial charge in [-0.05, 0) is 36.5 Å². The average molecular weight is 320 g/mol. The maximum atomic E-state index is 8.91. The van der Waals surface area contributed by atoms with Crippen LogP contribution in [0, 0.1) is 28.7 Å². The fourth-order valence-electron chi connectivity index (χ4n) is 3.79. The van der Waals surface area contributed by atoms with Crippen LogP contribution in [0.3, 0.4) is 0 Å². The molecule has 0 spiro atoms. The first-order valence-electron chi connectivity index (χ1n) is 9.01. The number of ether oxygens (including phenoxy) is 1. The highest BCUT2D eigenvalue weighted by molar-refractivity contribution is 5.80. The van der Waals surface area contributed by atoms with Crippen LogP contribution in [-0.4, -0.2) is 43.7 Å². The molecule has 5 nitrogen and oxygen atoms in total. The van der Waals surface area contributed by atoms with Crippen molar-refractivity contribution >= 4 is 5.96 Å². The van der Waals surface area contributed by atoms with Crippen LogP contribution < -0.4 is 5.32 Å². The first-order valence-corrected chi connectivity index (χ1v) is 9.01. The van der Waals surface area contributed by atoms with Crippen molar-refractivity contribution in [2.24, 2.45) is 22.2 Å². The third-order valence-electron chi connectivity index (χ3n) is 4.88. The van der Waals surface area contributed by atoms with Crippen LogP contribution in [0.5, 0.6) is 0 Å². The van der Waals surface area contributed by atoms with Gasteiger partial charge in [0.05, 0.1) is 13.2 Å². The molecule has 2 rings (SSSR count). The first-order chi connectivity index (χ1) is 11.0. The lowest BCUT2D eigenvalue weighted by atomic mass is 9.74. The Morgan fingerprint density at radius 2 is 1.78 bits per heavy atom. The van der Waals surface area contributed by atoms with Gasteiger partial charge in [-0.3, -0.25) is 0 Å². The van der Waals surface area contributed by atoms with Gasteiger partial charge in [0, 0.05) is 19.6 Å². The lowest BCUT2D eigenvalue weighted by molar-refractivity contribution is 0.0663. The normalized spacial score (nSPS) is 26.7. The van der Waals surface area contributed by atoms with Crippen LogP contribution in [0.1, 0.15) is 52.9 Å². The van der Waals surface area contributed by atoms with Crippen LogP contribution in [0.15, 0.2) is 4.99 Å². The standard InChI is InChI=1S/C18H32N4O/c1-18(2,3)12-15-4-6-16(7-5-15)13-20-17(21-14-19)22-8-10-23-11-9-22/h15-16H,4-13H2,1-3H3,(H,20,21). The Kier molecular flexibility index (Phi) is 6.71. The molecule has 0 aromatic rings. The van der Waals surface area contributed by atoms with Gasteiger partial charge in [0.25, 0.3) is 0 Å². The predicted octanol–water partition coefficient (Wildman–Crippen LogP) is 2.99. The zero-order valence-corrected chi connectivity index (χ0v) is 15.0. The van der Waals surface area contributed by atoms with Crippen molar-refractivity contribution in [1.82, 2.24) is 10.2 Å². The fraction of sp³-hybridized carbons (Fsp3) is 0.889. The third kappa shape index (κ3) is 6.39. The Morgan fingerprint density at radius 3 is 2.35 bits per heavy atom. The monoisotopic (exact) mass is 320 g/mol. The minimum atomic E-state index is 0.443. The van der Waals surface area contributed by atoms with Gasteiger partial charge in [-0.1, -0.05) is 33.6 Å². The van der Waals surface area contributed by atoms with Gasteiger partial charge in [0.1, 0.15) is 0 Å². The van der Waals surface area contributed by atoms with Crippen LogP contribution in [0.25, 0.3) is 0 Å². The molecule has 0 bridgehead atoms. The van der Waals surface area contributed by atoms with Crippen molar-refractivity contribution < 1.29 is 4.74 Å². The van der Waals surface area contributed by atoms with Crippen molar-refractivity contribution in [2.45, 2.75) is 52.9 Å². The van der Waals surface area contributed by atoms with E-state index in [1.165, 1.54) is 32.1 Å². The molecule has 0 radical (unpaired) electrons. The topological polar surface area (TPSA) is 60.7 Å². The molecule has 0 atom stereocenters. The number of nitriles is 1. The minimum Gasteiger partial charge on any atom is -0.378 e. The van der Waals surface area contributed by atoms with Gasteiger partial charge in [0.15, 0.2) is 0 Å². The van der Waals surface area contributed by atoms with Crippen LogP contribution in [-0.2, 0) is 4.74 Å². The van der Waals surface area contributed by atoms with E-state index >= 15 is 0 Å². The van der Waals surface area contributed by atoms with Crippen LogP contribution in [0.2, 0.25) is 0 Å². The maximum absolute atomic E-state index is 8.91. The molecule has 1 N–H and O–H groups in total. The summed E-state index contributed by atoms with van der Waals surface area (Å²) in [6.07, 6.45) is 8.52. The van der Waals surface area contributed by atoms with E-state index in [4.69, 9.17) is 10.00 Å². The summed E-state index contributed by atoms with van der Waals surface area (Å²) in [7, 11) is 0. The van der Waals surface area contributed by atoms with E-state index in [9.17, 15) is 0 Å². The molecule has 1 saturated heterocycles. The van der Waals surface area contributed by atoms with E-state index in [0.717, 1.165) is 31.5 Å². The minimum absolute atomic E-state index is 0.443. The Labute approximate surface area is 141 Å². The summed E-state index contributed by atoms with van der Waals surface area (Å²) in [6.45, 7) is 11.0. The van der Waals surface area contributed by atoms with Gasteiger partial charge in [-0.25, -0.2) is 0 Å². The van der Waals surface area contributed by atoms with Gasteiger partial charge in [0.2, 0.25) is 12.2 Å². The molecule has 2 fully saturated rings. The van der Waals surface area contributed by atoms with Crippen molar-refractivity contribution in [2.75, 3.05) is 32.8 Å². The van der Waals surface area contributed by atoms with E-state index in [1.807, 2.05) is 6.19 Å². The van der Waals surface area contributed by atoms with Gasteiger partial charge >= 0.3 is 0 Å². The molecule has 1 heterocycles. The van der Waals surface area contributed by atoms with Crippen LogP contribution in [0.4, 0.5) is 0 Å². The zero-order valence-electron chi connectivity index (χ0n) is 15.0. The summed E-state index contributed by atoms with van der Waals surface area (Å²) >= 11 is 0. The number of hydrogen-bond donors (Lipinski definition) is 1. The van der Waals surface area contributed by atoms with E-state index < -0.39 is 0 Å². The van der Waals surface area contributed by atoms with Crippen molar-refractivity contribution in [3.05, 3.63) is 0 Å². The number of aliphatic imine (C=N–C) groups is 1. The van der Waals surface area contributed by atoms with Crippen molar-refractivity contribution in [3.8, 4) is 6.19 Å². The molecule has 23 heavy (non-hydrogen) atoms. The summed E-state index contributed by atoms with van der Waals surface area (Å²) in [5.41, 5.74) is 0.443. The molecule has 2 aliphatic rings. The summed E-state index contributed by atoms with van der Waals surface area (Å²) < 4.78 is 5.37. The van der Waals surface area contributed by atoms with E-state index in [-0.39, 0.29) is 0 Å². The molecule has 130 valence electrons. The highest BCUT2D eigenvalue weighted by Crippen LogP contribution is 2.36. The molecule has 0 unspecified atom stereocenters. The molecule has 0 amide bonds. The number of rotatable bonds is 3. The summed E-state index contributed by atoms with van der Waals surface area (Å²) in [4.78, 5) is 6.10. The van der Waals surface area contributed by atoms with E-state index in [1.54, 1.807) is 0 Å². The quantitative estimate of drug-likeness (QED) is 0.493. The summed E-state index contributed by atoms with van der Waals surface area (Å²) in [6, 6.07) is 0. The lowest BCUT2D eigenvalue weighted by Gasteiger charge is -2.34. The molecular weight excluding hydrogens is 288 g/mol. The van der Waals surface area contributed by atoms with E-state index in [0.29, 0.717) is 24.5 Å². The molecule has 1 saturated carbocycles. The molecule has 1 aliphatic heterocycles. The molecular formula is C18H32N4O. The molecule has 0 aromatic heterocycles. The molecule has 0 aromatic carbocycles. The molecule has 5 heteroatoms. The second-order valence-electron chi connectivity index (χ2n) is 8.17. The van der Waals surface area contributed by atoms with Crippen molar-refractivity contribution in [3.63, 3.8) is 0 Å². The Balaban J connectivity index is 1.75. The maximum Gasteiger partial charge on any atom is 0.210 e. The summed E-state index contributed by atoms with van der Waals surface area (Å²) in [5, 5.41) is 12.3. The van der Waals surface area contributed by atoms with E-state index in [2.05, 4.69) is 36.0 Å². The Morgan fingerprint density at radius 1 is 1.17 bits per heavy atom. The lowest BCUT2D eigenvalue weighted by Crippen LogP contribution is -2.48. The second-order valence-corrected chi connectivity index (χ2v) is 8.17. The van der Waals surface area contributed by atoms with Crippen molar-refractivity contribution in [1.29, 1.82) is 5.26 Å². The number of nitrogens with zero attached hydrogens (tertiary/aromatic N) is 3. The highest BCUT2D eigenvalue weighted by atomic mass is 16.5. The average Bonchev–Trinajstić information content (AvgIpc) is 2.52. The fourth-order valence-corrected chi connectivity index (χ4v) is 3.79. The largest absolute Gasteiger partial charge is 0.378 e. The number of hydrogen-bond acceptors (Lipinski definition) is 3. The molecule has 1 aliphatic carbocycles. The predicted molar refractivity (Wildman–Crippen MR) is 93.0 cm³/mol. The van der Waals surface area contributed by atoms with Gasteiger partial charge < -0.3 is 15.0 Å². The highest BCUT2D eigenvalue weighted by Gasteiger charge is 2.25. The Hall–Kier alpha value is -1.28. The smallest absolute Gasteiger partial charge is 0.210 e. The number of morpholine rings is 1. The second kappa shape index (κ2) is 8.54. The first kappa shape index (κ1) is 18.1. The third-order valence-corrected chi connectivity index (χ3v) is 4.88. The zero-order chi connectivity index (χ0) is 16.7. The SMILES string of the molecule is CC(C)(C)CC1CCC(CN/C(=N/C#N)N2CCOCC2)CC1. The van der Waals surface area contributed by atoms with Crippen LogP contribution >= 0.6 is 0 Å².